The average Bonchev–Trinajstić information content (AvgIpc) is 2.72. The van der Waals surface area contributed by atoms with Crippen molar-refractivity contribution in [2.45, 2.75) is 32.7 Å². The van der Waals surface area contributed by atoms with Crippen LogP contribution in [0.3, 0.4) is 0 Å². The van der Waals surface area contributed by atoms with Crippen molar-refractivity contribution in [2.24, 2.45) is 5.92 Å². The Hall–Kier alpha value is -1.84. The minimum absolute atomic E-state index is 0.0619. The van der Waals surface area contributed by atoms with Crippen molar-refractivity contribution in [3.8, 4) is 0 Å². The fourth-order valence-electron chi connectivity index (χ4n) is 2.31. The molecule has 1 aliphatic rings. The quantitative estimate of drug-likeness (QED) is 0.808. The van der Waals surface area contributed by atoms with Crippen molar-refractivity contribution in [1.82, 2.24) is 4.90 Å². The van der Waals surface area contributed by atoms with Gasteiger partial charge in [0.05, 0.1) is 0 Å². The van der Waals surface area contributed by atoms with Crippen LogP contribution in [0.4, 0.5) is 0 Å². The molecular weight excluding hydrogens is 242 g/mol. The van der Waals surface area contributed by atoms with E-state index in [4.69, 9.17) is 0 Å². The Morgan fingerprint density at radius 1 is 1.37 bits per heavy atom. The minimum Gasteiger partial charge on any atom is -0.550 e. The molecule has 1 fully saturated rings. The molecule has 0 aliphatic carbocycles. The van der Waals surface area contributed by atoms with E-state index in [1.54, 1.807) is 4.90 Å². The molecular formula is C15H18NO3-. The van der Waals surface area contributed by atoms with Gasteiger partial charge in [-0.3, -0.25) is 4.79 Å². The third-order valence-electron chi connectivity index (χ3n) is 3.57. The third-order valence-corrected chi connectivity index (χ3v) is 3.57. The molecule has 1 aliphatic heterocycles. The molecule has 0 radical (unpaired) electrons. The van der Waals surface area contributed by atoms with Gasteiger partial charge in [-0.05, 0) is 17.0 Å². The summed E-state index contributed by atoms with van der Waals surface area (Å²) in [6.07, 6.45) is 0.0619. The largest absolute Gasteiger partial charge is 0.550 e. The SMILES string of the molecule is CC(C)c1ccc(CN2C[C@@H](C(=O)[O-])CC2=O)cc1. The summed E-state index contributed by atoms with van der Waals surface area (Å²) in [6, 6.07) is 8.09. The molecule has 0 aromatic heterocycles. The van der Waals surface area contributed by atoms with Gasteiger partial charge in [0.25, 0.3) is 0 Å². The van der Waals surface area contributed by atoms with Crippen LogP contribution in [0.5, 0.6) is 0 Å². The lowest BCUT2D eigenvalue weighted by Gasteiger charge is -2.17. The van der Waals surface area contributed by atoms with Crippen LogP contribution in [-0.2, 0) is 16.1 Å². The maximum Gasteiger partial charge on any atom is 0.223 e. The Labute approximate surface area is 113 Å². The fraction of sp³-hybridized carbons (Fsp3) is 0.467. The molecule has 1 saturated heterocycles. The van der Waals surface area contributed by atoms with E-state index in [-0.39, 0.29) is 18.9 Å². The Bertz CT molecular complexity index is 479. The van der Waals surface area contributed by atoms with Crippen molar-refractivity contribution in [2.75, 3.05) is 6.54 Å². The average molecular weight is 260 g/mol. The van der Waals surface area contributed by atoms with Gasteiger partial charge in [0, 0.05) is 31.4 Å². The summed E-state index contributed by atoms with van der Waals surface area (Å²) in [5.41, 5.74) is 2.28. The summed E-state index contributed by atoms with van der Waals surface area (Å²) in [6.45, 7) is 4.99. The number of hydrogen-bond donors (Lipinski definition) is 0. The molecule has 102 valence electrons. The highest BCUT2D eigenvalue weighted by atomic mass is 16.4. The van der Waals surface area contributed by atoms with Crippen molar-refractivity contribution >= 4 is 11.9 Å². The van der Waals surface area contributed by atoms with Crippen molar-refractivity contribution in [1.29, 1.82) is 0 Å². The lowest BCUT2D eigenvalue weighted by molar-refractivity contribution is -0.311. The second-order valence-electron chi connectivity index (χ2n) is 5.39. The van der Waals surface area contributed by atoms with Gasteiger partial charge in [0.2, 0.25) is 5.91 Å². The van der Waals surface area contributed by atoms with Crippen LogP contribution in [0.15, 0.2) is 24.3 Å². The second-order valence-corrected chi connectivity index (χ2v) is 5.39. The molecule has 0 spiro atoms. The molecule has 4 heteroatoms. The summed E-state index contributed by atoms with van der Waals surface area (Å²) >= 11 is 0. The van der Waals surface area contributed by atoms with Crippen LogP contribution >= 0.6 is 0 Å². The number of rotatable bonds is 4. The standard InChI is InChI=1S/C15H19NO3/c1-10(2)12-5-3-11(4-6-12)8-16-9-13(15(18)19)7-14(16)17/h3-6,10,13H,7-9H2,1-2H3,(H,18,19)/p-1/t13-/m0/s1. The number of aliphatic carboxylic acids is 1. The van der Waals surface area contributed by atoms with Crippen LogP contribution in [0.25, 0.3) is 0 Å². The van der Waals surface area contributed by atoms with Crippen LogP contribution in [-0.4, -0.2) is 23.3 Å². The van der Waals surface area contributed by atoms with E-state index in [2.05, 4.69) is 26.0 Å². The highest BCUT2D eigenvalue weighted by Gasteiger charge is 2.30. The zero-order valence-corrected chi connectivity index (χ0v) is 11.3. The summed E-state index contributed by atoms with van der Waals surface area (Å²) in [5.74, 6) is -1.43. The first-order chi connectivity index (χ1) is 8.97. The third kappa shape index (κ3) is 3.13. The number of benzene rings is 1. The molecule has 0 saturated carbocycles. The smallest absolute Gasteiger partial charge is 0.223 e. The molecule has 0 N–H and O–H groups in total. The van der Waals surface area contributed by atoms with E-state index in [1.165, 1.54) is 5.56 Å². The summed E-state index contributed by atoms with van der Waals surface area (Å²) in [4.78, 5) is 24.1. The number of likely N-dealkylation sites (tertiary alicyclic amines) is 1. The Balaban J connectivity index is 2.01. The van der Waals surface area contributed by atoms with E-state index >= 15 is 0 Å². The molecule has 1 heterocycles. The Kier molecular flexibility index (Phi) is 3.88. The molecule has 1 amide bonds. The molecule has 1 atom stereocenters. The highest BCUT2D eigenvalue weighted by molar-refractivity contribution is 5.85. The number of amides is 1. The van der Waals surface area contributed by atoms with Gasteiger partial charge in [-0.15, -0.1) is 0 Å². The Morgan fingerprint density at radius 2 is 2.00 bits per heavy atom. The van der Waals surface area contributed by atoms with Crippen LogP contribution < -0.4 is 5.11 Å². The second kappa shape index (κ2) is 5.43. The van der Waals surface area contributed by atoms with Crippen molar-refractivity contribution < 1.29 is 14.7 Å². The van der Waals surface area contributed by atoms with Crippen molar-refractivity contribution in [3.63, 3.8) is 0 Å². The first-order valence-electron chi connectivity index (χ1n) is 6.55. The van der Waals surface area contributed by atoms with E-state index < -0.39 is 11.9 Å². The predicted octanol–water partition coefficient (Wildman–Crippen LogP) is 0.908. The molecule has 19 heavy (non-hydrogen) atoms. The topological polar surface area (TPSA) is 60.4 Å². The normalized spacial score (nSPS) is 19.2. The summed E-state index contributed by atoms with van der Waals surface area (Å²) in [5, 5.41) is 10.8. The fourth-order valence-corrected chi connectivity index (χ4v) is 2.31. The number of hydrogen-bond acceptors (Lipinski definition) is 3. The van der Waals surface area contributed by atoms with Gasteiger partial charge in [-0.1, -0.05) is 38.1 Å². The van der Waals surface area contributed by atoms with Crippen LogP contribution in [0.2, 0.25) is 0 Å². The van der Waals surface area contributed by atoms with Gasteiger partial charge in [-0.2, -0.15) is 0 Å². The summed E-state index contributed by atoms with van der Waals surface area (Å²) < 4.78 is 0. The highest BCUT2D eigenvalue weighted by Crippen LogP contribution is 2.21. The molecule has 1 aromatic rings. The molecule has 1 aromatic carbocycles. The zero-order chi connectivity index (χ0) is 14.0. The molecule has 0 unspecified atom stereocenters. The van der Waals surface area contributed by atoms with Crippen molar-refractivity contribution in [3.05, 3.63) is 35.4 Å². The molecule has 4 nitrogen and oxygen atoms in total. The van der Waals surface area contributed by atoms with Gasteiger partial charge >= 0.3 is 0 Å². The number of nitrogens with zero attached hydrogens (tertiary/aromatic N) is 1. The van der Waals surface area contributed by atoms with Gasteiger partial charge < -0.3 is 14.8 Å². The number of carboxylic acids is 1. The number of carbonyl (C=O) groups is 2. The first-order valence-corrected chi connectivity index (χ1v) is 6.55. The van der Waals surface area contributed by atoms with E-state index in [0.29, 0.717) is 12.5 Å². The number of carboxylic acid groups (broad SMARTS) is 1. The van der Waals surface area contributed by atoms with E-state index in [1.807, 2.05) is 12.1 Å². The van der Waals surface area contributed by atoms with E-state index in [9.17, 15) is 14.7 Å². The van der Waals surface area contributed by atoms with Gasteiger partial charge in [0.1, 0.15) is 0 Å². The maximum absolute atomic E-state index is 11.7. The molecule has 2 rings (SSSR count). The lowest BCUT2D eigenvalue weighted by atomic mass is 10.0. The molecule has 0 bridgehead atoms. The van der Waals surface area contributed by atoms with Gasteiger partial charge in [0.15, 0.2) is 0 Å². The minimum atomic E-state index is -1.13. The Morgan fingerprint density at radius 3 is 2.47 bits per heavy atom. The monoisotopic (exact) mass is 260 g/mol. The predicted molar refractivity (Wildman–Crippen MR) is 69.1 cm³/mol. The van der Waals surface area contributed by atoms with E-state index in [0.717, 1.165) is 5.56 Å². The van der Waals surface area contributed by atoms with Crippen LogP contribution in [0.1, 0.15) is 37.3 Å². The maximum atomic E-state index is 11.7. The first kappa shape index (κ1) is 13.6. The zero-order valence-electron chi connectivity index (χ0n) is 11.3. The lowest BCUT2D eigenvalue weighted by Crippen LogP contribution is -2.33. The van der Waals surface area contributed by atoms with Crippen LogP contribution in [0, 0.1) is 5.92 Å². The van der Waals surface area contributed by atoms with Gasteiger partial charge in [-0.25, -0.2) is 0 Å². The summed E-state index contributed by atoms with van der Waals surface area (Å²) in [7, 11) is 0. The number of carbonyl (C=O) groups excluding carboxylic acids is 2.